The Labute approximate surface area is 90.5 Å². The fourth-order valence-corrected chi connectivity index (χ4v) is 1.20. The van der Waals surface area contributed by atoms with Gasteiger partial charge in [-0.3, -0.25) is 0 Å². The van der Waals surface area contributed by atoms with E-state index in [-0.39, 0.29) is 24.7 Å². The molecule has 16 heavy (non-hydrogen) atoms. The van der Waals surface area contributed by atoms with Crippen LogP contribution in [0.3, 0.4) is 0 Å². The Morgan fingerprint density at radius 2 is 2.12 bits per heavy atom. The highest BCUT2D eigenvalue weighted by atomic mass is 19.4. The van der Waals surface area contributed by atoms with Crippen molar-refractivity contribution in [3.63, 3.8) is 0 Å². The van der Waals surface area contributed by atoms with Gasteiger partial charge in [0.2, 0.25) is 0 Å². The lowest BCUT2D eigenvalue weighted by molar-refractivity contribution is -0.137. The van der Waals surface area contributed by atoms with Crippen LogP contribution in [-0.4, -0.2) is 30.3 Å². The van der Waals surface area contributed by atoms with Crippen molar-refractivity contribution in [2.24, 2.45) is 0 Å². The molecule has 1 rings (SSSR count). The molecule has 0 unspecified atom stereocenters. The summed E-state index contributed by atoms with van der Waals surface area (Å²) in [5.74, 6) is 0.224. The molecule has 0 atom stereocenters. The molecule has 0 saturated carbocycles. The number of likely N-dealkylation sites (N-methyl/N-ethyl adjacent to an activating group) is 1. The van der Waals surface area contributed by atoms with E-state index in [2.05, 4.69) is 4.98 Å². The van der Waals surface area contributed by atoms with Gasteiger partial charge >= 0.3 is 6.18 Å². The second kappa shape index (κ2) is 4.56. The van der Waals surface area contributed by atoms with Crippen LogP contribution in [0.1, 0.15) is 5.56 Å². The third kappa shape index (κ3) is 2.75. The molecule has 1 aromatic rings. The highest BCUT2D eigenvalue weighted by Crippen LogP contribution is 2.32. The van der Waals surface area contributed by atoms with Gasteiger partial charge in [0.15, 0.2) is 5.82 Å². The van der Waals surface area contributed by atoms with Gasteiger partial charge in [0, 0.05) is 19.8 Å². The van der Waals surface area contributed by atoms with Gasteiger partial charge in [0.05, 0.1) is 17.9 Å². The Bertz CT molecular complexity index is 368. The molecule has 0 aliphatic carbocycles. The van der Waals surface area contributed by atoms with Crippen LogP contribution >= 0.6 is 0 Å². The van der Waals surface area contributed by atoms with Crippen LogP contribution in [0.4, 0.5) is 24.7 Å². The molecule has 0 spiro atoms. The smallest absolute Gasteiger partial charge is 0.396 e. The average Bonchev–Trinajstić information content (AvgIpc) is 2.16. The normalized spacial score (nSPS) is 11.6. The molecule has 0 bridgehead atoms. The van der Waals surface area contributed by atoms with Gasteiger partial charge in [-0.05, 0) is 6.07 Å². The van der Waals surface area contributed by atoms with Crippen LogP contribution in [0.2, 0.25) is 0 Å². The van der Waals surface area contributed by atoms with Gasteiger partial charge in [0.1, 0.15) is 0 Å². The lowest BCUT2D eigenvalue weighted by Gasteiger charge is -2.19. The lowest BCUT2D eigenvalue weighted by Crippen LogP contribution is -2.23. The number of hydrogen-bond donors (Lipinski definition) is 2. The molecule has 0 saturated heterocycles. The minimum atomic E-state index is -4.45. The van der Waals surface area contributed by atoms with Crippen molar-refractivity contribution in [1.29, 1.82) is 0 Å². The van der Waals surface area contributed by atoms with E-state index < -0.39 is 11.7 Å². The molecule has 0 aliphatic heterocycles. The van der Waals surface area contributed by atoms with Gasteiger partial charge in [-0.2, -0.15) is 13.2 Å². The summed E-state index contributed by atoms with van der Waals surface area (Å²) < 4.78 is 36.9. The number of rotatable bonds is 3. The Hall–Kier alpha value is -1.50. The van der Waals surface area contributed by atoms with E-state index in [4.69, 9.17) is 10.8 Å². The van der Waals surface area contributed by atoms with Crippen LogP contribution in [-0.2, 0) is 6.18 Å². The summed E-state index contributed by atoms with van der Waals surface area (Å²) in [5.41, 5.74) is 4.52. The van der Waals surface area contributed by atoms with Crippen molar-refractivity contribution in [2.75, 3.05) is 30.8 Å². The predicted octanol–water partition coefficient (Wildman–Crippen LogP) is 1.11. The summed E-state index contributed by atoms with van der Waals surface area (Å²) >= 11 is 0. The maximum absolute atomic E-state index is 12.3. The second-order valence-corrected chi connectivity index (χ2v) is 3.28. The molecule has 7 heteroatoms. The number of nitrogens with two attached hydrogens (primary N) is 1. The first-order valence-corrected chi connectivity index (χ1v) is 4.51. The molecule has 0 aliphatic rings. The van der Waals surface area contributed by atoms with E-state index in [1.807, 2.05) is 0 Å². The number of pyridine rings is 1. The average molecular weight is 235 g/mol. The number of nitrogen functional groups attached to an aromatic ring is 1. The number of nitrogens with zero attached hydrogens (tertiary/aromatic N) is 2. The predicted molar refractivity (Wildman–Crippen MR) is 54.0 cm³/mol. The number of aliphatic hydroxyl groups excluding tert-OH is 1. The SMILES string of the molecule is CN(CCO)c1ncc(C(F)(F)F)cc1N. The summed E-state index contributed by atoms with van der Waals surface area (Å²) in [4.78, 5) is 5.11. The van der Waals surface area contributed by atoms with Crippen LogP contribution in [0.15, 0.2) is 12.3 Å². The molecule has 0 radical (unpaired) electrons. The number of aromatic nitrogens is 1. The highest BCUT2D eigenvalue weighted by molar-refractivity contribution is 5.63. The maximum Gasteiger partial charge on any atom is 0.417 e. The first-order valence-electron chi connectivity index (χ1n) is 4.51. The summed E-state index contributed by atoms with van der Waals surface area (Å²) in [7, 11) is 1.59. The Morgan fingerprint density at radius 1 is 1.50 bits per heavy atom. The number of alkyl halides is 3. The quantitative estimate of drug-likeness (QED) is 0.823. The van der Waals surface area contributed by atoms with Crippen LogP contribution in [0.25, 0.3) is 0 Å². The van der Waals surface area contributed by atoms with Gasteiger partial charge < -0.3 is 15.7 Å². The van der Waals surface area contributed by atoms with Crippen molar-refractivity contribution < 1.29 is 18.3 Å². The first kappa shape index (κ1) is 12.6. The van der Waals surface area contributed by atoms with Crippen molar-refractivity contribution >= 4 is 11.5 Å². The first-order chi connectivity index (χ1) is 7.36. The Balaban J connectivity index is 3.00. The third-order valence-electron chi connectivity index (χ3n) is 2.02. The number of halogens is 3. The summed E-state index contributed by atoms with van der Waals surface area (Å²) in [6.07, 6.45) is -3.73. The zero-order valence-corrected chi connectivity index (χ0v) is 8.62. The molecule has 4 nitrogen and oxygen atoms in total. The van der Waals surface area contributed by atoms with Gasteiger partial charge in [-0.25, -0.2) is 4.98 Å². The molecule has 3 N–H and O–H groups in total. The Morgan fingerprint density at radius 3 is 2.56 bits per heavy atom. The summed E-state index contributed by atoms with van der Waals surface area (Å²) in [6, 6.07) is 0.830. The fraction of sp³-hybridized carbons (Fsp3) is 0.444. The number of anilines is 2. The minimum absolute atomic E-state index is 0.0641. The maximum atomic E-state index is 12.3. The van der Waals surface area contributed by atoms with Gasteiger partial charge in [0.25, 0.3) is 0 Å². The topological polar surface area (TPSA) is 62.4 Å². The van der Waals surface area contributed by atoms with Gasteiger partial charge in [-0.1, -0.05) is 0 Å². The lowest BCUT2D eigenvalue weighted by atomic mass is 10.2. The van der Waals surface area contributed by atoms with Crippen molar-refractivity contribution in [3.05, 3.63) is 17.8 Å². The summed E-state index contributed by atoms with van der Waals surface area (Å²) in [5, 5.41) is 8.68. The molecule has 1 heterocycles. The zero-order valence-electron chi connectivity index (χ0n) is 8.62. The summed E-state index contributed by atoms with van der Waals surface area (Å²) in [6.45, 7) is 0.126. The largest absolute Gasteiger partial charge is 0.417 e. The standard InChI is InChI=1S/C9H12F3N3O/c1-15(2-3-16)8-7(13)4-6(5-14-8)9(10,11)12/h4-5,16H,2-3,13H2,1H3. The van der Waals surface area contributed by atoms with E-state index in [9.17, 15) is 13.2 Å². The molecule has 0 fully saturated rings. The molecular formula is C9H12F3N3O. The number of aliphatic hydroxyl groups is 1. The molecule has 0 aromatic carbocycles. The van der Waals surface area contributed by atoms with Crippen molar-refractivity contribution in [1.82, 2.24) is 4.98 Å². The Kier molecular flexibility index (Phi) is 3.58. The highest BCUT2D eigenvalue weighted by Gasteiger charge is 2.31. The van der Waals surface area contributed by atoms with Crippen LogP contribution in [0.5, 0.6) is 0 Å². The minimum Gasteiger partial charge on any atom is -0.396 e. The van der Waals surface area contributed by atoms with Crippen LogP contribution < -0.4 is 10.6 Å². The van der Waals surface area contributed by atoms with Crippen molar-refractivity contribution in [2.45, 2.75) is 6.18 Å². The van der Waals surface area contributed by atoms with Crippen LogP contribution in [0, 0.1) is 0 Å². The van der Waals surface area contributed by atoms with Crippen molar-refractivity contribution in [3.8, 4) is 0 Å². The van der Waals surface area contributed by atoms with E-state index in [0.717, 1.165) is 12.3 Å². The third-order valence-corrected chi connectivity index (χ3v) is 2.02. The molecular weight excluding hydrogens is 223 g/mol. The van der Waals surface area contributed by atoms with E-state index in [1.54, 1.807) is 7.05 Å². The number of hydrogen-bond acceptors (Lipinski definition) is 4. The van der Waals surface area contributed by atoms with E-state index in [0.29, 0.717) is 0 Å². The van der Waals surface area contributed by atoms with E-state index >= 15 is 0 Å². The molecule has 0 amide bonds. The molecule has 1 aromatic heterocycles. The monoisotopic (exact) mass is 235 g/mol. The molecule has 90 valence electrons. The van der Waals surface area contributed by atoms with Gasteiger partial charge in [-0.15, -0.1) is 0 Å². The van der Waals surface area contributed by atoms with E-state index in [1.165, 1.54) is 4.90 Å². The fourth-order valence-electron chi connectivity index (χ4n) is 1.20. The second-order valence-electron chi connectivity index (χ2n) is 3.28. The zero-order chi connectivity index (χ0) is 12.3.